The summed E-state index contributed by atoms with van der Waals surface area (Å²) in [5.41, 5.74) is 2.78. The second-order valence-electron chi connectivity index (χ2n) is 7.19. The molecule has 1 aromatic carbocycles. The van der Waals surface area contributed by atoms with E-state index < -0.39 is 0 Å². The summed E-state index contributed by atoms with van der Waals surface area (Å²) in [6.45, 7) is 4.90. The Morgan fingerprint density at radius 3 is 2.62 bits per heavy atom. The zero-order valence-electron chi connectivity index (χ0n) is 16.2. The lowest BCUT2D eigenvalue weighted by Crippen LogP contribution is -3.15. The lowest BCUT2D eigenvalue weighted by atomic mass is 10.1. The number of hydrogen-bond acceptors (Lipinski definition) is 5. The van der Waals surface area contributed by atoms with Crippen LogP contribution >= 0.6 is 0 Å². The van der Waals surface area contributed by atoms with Crippen molar-refractivity contribution in [2.24, 2.45) is 0 Å². The van der Waals surface area contributed by atoms with Gasteiger partial charge in [-0.05, 0) is 19.1 Å². The van der Waals surface area contributed by atoms with Crippen molar-refractivity contribution >= 4 is 17.7 Å². The molecule has 0 bridgehead atoms. The molecule has 1 aliphatic heterocycles. The van der Waals surface area contributed by atoms with Crippen molar-refractivity contribution in [1.82, 2.24) is 10.1 Å². The third-order valence-electron chi connectivity index (χ3n) is 5.02. The van der Waals surface area contributed by atoms with Crippen LogP contribution in [0.15, 0.2) is 57.7 Å². The number of aryl methyl sites for hydroxylation is 1. The van der Waals surface area contributed by atoms with Crippen LogP contribution in [0.4, 0.5) is 5.88 Å². The summed E-state index contributed by atoms with van der Waals surface area (Å²) in [4.78, 5) is 27.5. The average Bonchev–Trinajstić information content (AvgIpc) is 3.41. The molecule has 0 saturated carbocycles. The number of nitrogens with one attached hydrogen (secondary N) is 2. The van der Waals surface area contributed by atoms with Crippen LogP contribution in [0.25, 0.3) is 11.3 Å². The van der Waals surface area contributed by atoms with Gasteiger partial charge in [0, 0.05) is 11.6 Å². The van der Waals surface area contributed by atoms with Gasteiger partial charge in [0.15, 0.2) is 12.3 Å². The predicted molar refractivity (Wildman–Crippen MR) is 105 cm³/mol. The van der Waals surface area contributed by atoms with Gasteiger partial charge in [0.1, 0.15) is 5.69 Å². The molecule has 1 aliphatic rings. The number of carbonyl (C=O) groups is 2. The van der Waals surface area contributed by atoms with Gasteiger partial charge in [-0.1, -0.05) is 35.0 Å². The molecule has 0 atom stereocenters. The normalized spacial score (nSPS) is 14.7. The lowest BCUT2D eigenvalue weighted by molar-refractivity contribution is -0.895. The van der Waals surface area contributed by atoms with E-state index in [9.17, 15) is 9.59 Å². The van der Waals surface area contributed by atoms with Gasteiger partial charge in [-0.15, -0.1) is 0 Å². The van der Waals surface area contributed by atoms with Gasteiger partial charge >= 0.3 is 0 Å². The molecule has 8 nitrogen and oxygen atoms in total. The van der Waals surface area contributed by atoms with E-state index in [-0.39, 0.29) is 11.8 Å². The van der Waals surface area contributed by atoms with Gasteiger partial charge in [-0.25, -0.2) is 0 Å². The molecular formula is C21H23N4O4+. The van der Waals surface area contributed by atoms with Gasteiger partial charge in [0.05, 0.1) is 32.4 Å². The number of amides is 2. The largest absolute Gasteiger partial charge is 0.459 e. The third-order valence-corrected chi connectivity index (χ3v) is 5.02. The topological polar surface area (TPSA) is 93.0 Å². The Hall–Kier alpha value is -3.39. The molecule has 0 aliphatic carbocycles. The molecule has 3 heterocycles. The Kier molecular flexibility index (Phi) is 5.44. The van der Waals surface area contributed by atoms with Crippen molar-refractivity contribution in [1.29, 1.82) is 0 Å². The van der Waals surface area contributed by atoms with E-state index in [2.05, 4.69) is 10.5 Å². The molecule has 4 rings (SSSR count). The van der Waals surface area contributed by atoms with Crippen LogP contribution < -0.4 is 10.2 Å². The van der Waals surface area contributed by atoms with E-state index in [1.54, 1.807) is 23.1 Å². The maximum Gasteiger partial charge on any atom is 0.289 e. The van der Waals surface area contributed by atoms with Crippen LogP contribution in [0.2, 0.25) is 0 Å². The van der Waals surface area contributed by atoms with Crippen LogP contribution in [0.1, 0.15) is 16.1 Å². The summed E-state index contributed by atoms with van der Waals surface area (Å²) in [6, 6.07) is 13.0. The van der Waals surface area contributed by atoms with Gasteiger partial charge in [-0.2, -0.15) is 0 Å². The minimum Gasteiger partial charge on any atom is -0.459 e. The number of hydrogen-bond donors (Lipinski definition) is 2. The van der Waals surface area contributed by atoms with Crippen LogP contribution in [0.3, 0.4) is 0 Å². The first-order valence-electron chi connectivity index (χ1n) is 9.58. The number of anilines is 1. The fourth-order valence-electron chi connectivity index (χ4n) is 3.36. The molecule has 8 heteroatoms. The van der Waals surface area contributed by atoms with Crippen LogP contribution in [-0.2, 0) is 4.79 Å². The van der Waals surface area contributed by atoms with E-state index in [0.717, 1.165) is 10.5 Å². The van der Waals surface area contributed by atoms with Crippen molar-refractivity contribution in [2.75, 3.05) is 38.0 Å². The van der Waals surface area contributed by atoms with Crippen molar-refractivity contribution in [3.63, 3.8) is 0 Å². The molecular weight excluding hydrogens is 372 g/mol. The van der Waals surface area contributed by atoms with E-state index in [1.165, 1.54) is 11.8 Å². The quantitative estimate of drug-likeness (QED) is 0.678. The molecule has 1 fully saturated rings. The predicted octanol–water partition coefficient (Wildman–Crippen LogP) is 1.22. The fourth-order valence-corrected chi connectivity index (χ4v) is 3.36. The van der Waals surface area contributed by atoms with Crippen LogP contribution in [0.5, 0.6) is 0 Å². The van der Waals surface area contributed by atoms with Crippen molar-refractivity contribution in [3.05, 3.63) is 60.1 Å². The van der Waals surface area contributed by atoms with E-state index in [1.807, 2.05) is 31.2 Å². The van der Waals surface area contributed by atoms with Gasteiger partial charge in [-0.3, -0.25) is 14.9 Å². The Balaban J connectivity index is 1.26. The maximum absolute atomic E-state index is 12.4. The number of furan rings is 1. The highest BCUT2D eigenvalue weighted by Gasteiger charge is 2.27. The second kappa shape index (κ2) is 8.32. The first kappa shape index (κ1) is 18.9. The average molecular weight is 395 g/mol. The first-order chi connectivity index (χ1) is 14.1. The molecule has 29 heavy (non-hydrogen) atoms. The summed E-state index contributed by atoms with van der Waals surface area (Å²) in [5.74, 6) is 0.429. The number of quaternary nitrogens is 1. The van der Waals surface area contributed by atoms with Gasteiger partial charge in [0.2, 0.25) is 5.88 Å². The molecule has 2 aromatic heterocycles. The zero-order valence-corrected chi connectivity index (χ0v) is 16.2. The highest BCUT2D eigenvalue weighted by Crippen LogP contribution is 2.21. The van der Waals surface area contributed by atoms with E-state index in [0.29, 0.717) is 50.1 Å². The molecule has 0 spiro atoms. The summed E-state index contributed by atoms with van der Waals surface area (Å²) in [7, 11) is 0. The molecule has 2 N–H and O–H groups in total. The second-order valence-corrected chi connectivity index (χ2v) is 7.19. The standard InChI is InChI=1S/C21H22N4O4/c1-15-4-6-16(7-5-15)17-13-20(29-23-17)22-19(26)14-24-8-10-25(11-9-24)21(27)18-3-2-12-28-18/h2-7,12-13H,8-11,14H2,1H3,(H,22,26)/p+1. The zero-order chi connectivity index (χ0) is 20.2. The number of aromatic nitrogens is 1. The van der Waals surface area contributed by atoms with Crippen molar-refractivity contribution in [3.8, 4) is 11.3 Å². The van der Waals surface area contributed by atoms with Crippen LogP contribution in [-0.4, -0.2) is 54.6 Å². The fraction of sp³-hybridized carbons (Fsp3) is 0.286. The summed E-state index contributed by atoms with van der Waals surface area (Å²) in [6.07, 6.45) is 1.49. The van der Waals surface area contributed by atoms with Crippen molar-refractivity contribution < 1.29 is 23.4 Å². The summed E-state index contributed by atoms with van der Waals surface area (Å²) < 4.78 is 10.4. The van der Waals surface area contributed by atoms with E-state index >= 15 is 0 Å². The molecule has 3 aromatic rings. The maximum atomic E-state index is 12.4. The number of nitrogens with zero attached hydrogens (tertiary/aromatic N) is 2. The lowest BCUT2D eigenvalue weighted by Gasteiger charge is -2.31. The number of rotatable bonds is 5. The minimum atomic E-state index is -0.141. The SMILES string of the molecule is Cc1ccc(-c2cc(NC(=O)C[NH+]3CCN(C(=O)c4ccco4)CC3)on2)cc1. The van der Waals surface area contributed by atoms with Crippen LogP contribution in [0, 0.1) is 6.92 Å². The van der Waals surface area contributed by atoms with Crippen molar-refractivity contribution in [2.45, 2.75) is 6.92 Å². The molecule has 0 radical (unpaired) electrons. The molecule has 0 unspecified atom stereocenters. The first-order valence-corrected chi connectivity index (χ1v) is 9.58. The molecule has 150 valence electrons. The van der Waals surface area contributed by atoms with Gasteiger partial charge < -0.3 is 18.7 Å². The number of benzene rings is 1. The Morgan fingerprint density at radius 1 is 1.17 bits per heavy atom. The molecule has 1 saturated heterocycles. The Labute approximate surface area is 168 Å². The summed E-state index contributed by atoms with van der Waals surface area (Å²) in [5, 5.41) is 6.78. The number of piperazine rings is 1. The van der Waals surface area contributed by atoms with Gasteiger partial charge in [0.25, 0.3) is 11.8 Å². The minimum absolute atomic E-state index is 0.108. The van der Waals surface area contributed by atoms with E-state index in [4.69, 9.17) is 8.94 Å². The highest BCUT2D eigenvalue weighted by molar-refractivity contribution is 5.91. The summed E-state index contributed by atoms with van der Waals surface area (Å²) >= 11 is 0. The number of carbonyl (C=O) groups excluding carboxylic acids is 2. The Morgan fingerprint density at radius 2 is 1.93 bits per heavy atom. The third kappa shape index (κ3) is 4.55. The smallest absolute Gasteiger partial charge is 0.289 e. The Bertz CT molecular complexity index is 971. The monoisotopic (exact) mass is 395 g/mol. The highest BCUT2D eigenvalue weighted by atomic mass is 16.5. The molecule has 2 amide bonds.